The molecular weight excluding hydrogens is 288 g/mol. The molecule has 0 aliphatic heterocycles. The first-order valence-corrected chi connectivity index (χ1v) is 7.69. The normalized spacial score (nSPS) is 17.3. The molecule has 1 saturated carbocycles. The molecule has 1 heterocycles. The Bertz CT molecular complexity index is 674. The monoisotopic (exact) mass is 306 g/mol. The third kappa shape index (κ3) is 2.53. The van der Waals surface area contributed by atoms with Gasteiger partial charge in [-0.1, -0.05) is 24.4 Å². The summed E-state index contributed by atoms with van der Waals surface area (Å²) in [5, 5.41) is 0.655. The number of halogens is 1. The Hall–Kier alpha value is -1.55. The zero-order chi connectivity index (χ0) is 15.0. The summed E-state index contributed by atoms with van der Waals surface area (Å²) in [6.07, 6.45) is 4.47. The highest BCUT2D eigenvalue weighted by Gasteiger charge is 2.36. The van der Waals surface area contributed by atoms with E-state index in [2.05, 4.69) is 4.98 Å². The van der Waals surface area contributed by atoms with Gasteiger partial charge in [0, 0.05) is 12.1 Å². The highest BCUT2D eigenvalue weighted by molar-refractivity contribution is 6.31. The van der Waals surface area contributed by atoms with Crippen LogP contribution in [-0.2, 0) is 16.6 Å². The molecule has 0 spiro atoms. The molecule has 0 bridgehead atoms. The SMILES string of the molecule is COC(=O)C(c1nc2cc(Cl)ccc2n1C)C1CCCC1. The van der Waals surface area contributed by atoms with Crippen molar-refractivity contribution in [3.63, 3.8) is 0 Å². The molecule has 0 radical (unpaired) electrons. The fourth-order valence-electron chi connectivity index (χ4n) is 3.40. The van der Waals surface area contributed by atoms with E-state index in [0.717, 1.165) is 29.7 Å². The van der Waals surface area contributed by atoms with Crippen LogP contribution in [0.3, 0.4) is 0 Å². The summed E-state index contributed by atoms with van der Waals surface area (Å²) >= 11 is 6.04. The molecule has 1 aliphatic carbocycles. The van der Waals surface area contributed by atoms with Crippen molar-refractivity contribution < 1.29 is 9.53 Å². The van der Waals surface area contributed by atoms with Crippen LogP contribution in [0.5, 0.6) is 0 Å². The van der Waals surface area contributed by atoms with Gasteiger partial charge in [-0.15, -0.1) is 0 Å². The fourth-order valence-corrected chi connectivity index (χ4v) is 3.56. The molecule has 0 saturated heterocycles. The molecule has 1 atom stereocenters. The van der Waals surface area contributed by atoms with Crippen molar-refractivity contribution >= 4 is 28.6 Å². The zero-order valence-electron chi connectivity index (χ0n) is 12.3. The van der Waals surface area contributed by atoms with Crippen LogP contribution in [0.15, 0.2) is 18.2 Å². The number of carbonyl (C=O) groups excluding carboxylic acids is 1. The fraction of sp³-hybridized carbons (Fsp3) is 0.500. The molecule has 1 unspecified atom stereocenters. The van der Waals surface area contributed by atoms with Crippen LogP contribution >= 0.6 is 11.6 Å². The van der Waals surface area contributed by atoms with Gasteiger partial charge in [-0.3, -0.25) is 4.79 Å². The number of esters is 1. The van der Waals surface area contributed by atoms with E-state index in [1.165, 1.54) is 20.0 Å². The largest absolute Gasteiger partial charge is 0.468 e. The number of aromatic nitrogens is 2. The first kappa shape index (κ1) is 14.4. The average Bonchev–Trinajstić information content (AvgIpc) is 3.09. The molecule has 0 amide bonds. The second-order valence-electron chi connectivity index (χ2n) is 5.71. The van der Waals surface area contributed by atoms with Crippen molar-refractivity contribution in [1.82, 2.24) is 9.55 Å². The summed E-state index contributed by atoms with van der Waals surface area (Å²) in [5.41, 5.74) is 1.81. The van der Waals surface area contributed by atoms with Crippen molar-refractivity contribution in [2.75, 3.05) is 7.11 Å². The lowest BCUT2D eigenvalue weighted by Crippen LogP contribution is -2.24. The number of hydrogen-bond acceptors (Lipinski definition) is 3. The number of benzene rings is 1. The molecule has 5 heteroatoms. The number of hydrogen-bond donors (Lipinski definition) is 0. The van der Waals surface area contributed by atoms with Gasteiger partial charge in [0.05, 0.1) is 18.1 Å². The number of ether oxygens (including phenoxy) is 1. The van der Waals surface area contributed by atoms with Crippen molar-refractivity contribution in [3.05, 3.63) is 29.0 Å². The maximum absolute atomic E-state index is 12.3. The number of fused-ring (bicyclic) bond motifs is 1. The minimum absolute atomic E-state index is 0.189. The van der Waals surface area contributed by atoms with E-state index >= 15 is 0 Å². The Kier molecular flexibility index (Phi) is 3.89. The van der Waals surface area contributed by atoms with Crippen molar-refractivity contribution in [3.8, 4) is 0 Å². The second kappa shape index (κ2) is 5.68. The number of rotatable bonds is 3. The van der Waals surface area contributed by atoms with Crippen LogP contribution in [0.4, 0.5) is 0 Å². The predicted molar refractivity (Wildman–Crippen MR) is 82.4 cm³/mol. The average molecular weight is 307 g/mol. The molecule has 3 rings (SSSR count). The summed E-state index contributed by atoms with van der Waals surface area (Å²) < 4.78 is 7.03. The molecule has 21 heavy (non-hydrogen) atoms. The Balaban J connectivity index is 2.10. The topological polar surface area (TPSA) is 44.1 Å². The predicted octanol–water partition coefficient (Wildman–Crippen LogP) is 3.67. The number of imidazole rings is 1. The lowest BCUT2D eigenvalue weighted by molar-refractivity contribution is -0.144. The van der Waals surface area contributed by atoms with Crippen LogP contribution in [0.2, 0.25) is 5.02 Å². The van der Waals surface area contributed by atoms with E-state index < -0.39 is 0 Å². The first-order valence-electron chi connectivity index (χ1n) is 7.31. The van der Waals surface area contributed by atoms with Gasteiger partial charge in [0.25, 0.3) is 0 Å². The van der Waals surface area contributed by atoms with Crippen LogP contribution in [0, 0.1) is 5.92 Å². The van der Waals surface area contributed by atoms with Crippen molar-refractivity contribution in [2.45, 2.75) is 31.6 Å². The molecule has 2 aromatic rings. The van der Waals surface area contributed by atoms with Gasteiger partial charge in [0.15, 0.2) is 0 Å². The standard InChI is InChI=1S/C16H19ClN2O2/c1-19-13-8-7-11(17)9-12(13)18-15(19)14(16(20)21-2)10-5-3-4-6-10/h7-10,14H,3-6H2,1-2H3. The lowest BCUT2D eigenvalue weighted by atomic mass is 9.90. The Labute approximate surface area is 129 Å². The smallest absolute Gasteiger partial charge is 0.316 e. The van der Waals surface area contributed by atoms with Gasteiger partial charge in [-0.05, 0) is 37.0 Å². The van der Waals surface area contributed by atoms with Gasteiger partial charge in [0.1, 0.15) is 11.7 Å². The minimum atomic E-state index is -0.284. The number of methoxy groups -OCH3 is 1. The lowest BCUT2D eigenvalue weighted by Gasteiger charge is -2.20. The summed E-state index contributed by atoms with van der Waals surface area (Å²) in [6, 6.07) is 5.62. The van der Waals surface area contributed by atoms with Crippen LogP contribution in [0.25, 0.3) is 11.0 Å². The zero-order valence-corrected chi connectivity index (χ0v) is 13.1. The Morgan fingerprint density at radius 2 is 2.14 bits per heavy atom. The van der Waals surface area contributed by atoms with Crippen molar-refractivity contribution in [2.24, 2.45) is 13.0 Å². The van der Waals surface area contributed by atoms with Crippen LogP contribution < -0.4 is 0 Å². The van der Waals surface area contributed by atoms with Gasteiger partial charge in [0.2, 0.25) is 0 Å². The van der Waals surface area contributed by atoms with Crippen LogP contribution in [0.1, 0.15) is 37.4 Å². The van der Waals surface area contributed by atoms with E-state index in [9.17, 15) is 4.79 Å². The van der Waals surface area contributed by atoms with Gasteiger partial charge >= 0.3 is 5.97 Å². The third-order valence-corrected chi connectivity index (χ3v) is 4.72. The van der Waals surface area contributed by atoms with E-state index in [1.54, 1.807) is 0 Å². The Morgan fingerprint density at radius 3 is 2.81 bits per heavy atom. The number of nitrogens with zero attached hydrogens (tertiary/aromatic N) is 2. The van der Waals surface area contributed by atoms with E-state index in [4.69, 9.17) is 16.3 Å². The quantitative estimate of drug-likeness (QED) is 0.813. The molecule has 1 aliphatic rings. The van der Waals surface area contributed by atoms with Crippen molar-refractivity contribution in [1.29, 1.82) is 0 Å². The summed E-state index contributed by atoms with van der Waals surface area (Å²) in [7, 11) is 3.40. The molecule has 1 fully saturated rings. The highest BCUT2D eigenvalue weighted by Crippen LogP contribution is 2.38. The van der Waals surface area contributed by atoms with Gasteiger partial charge in [-0.2, -0.15) is 0 Å². The highest BCUT2D eigenvalue weighted by atomic mass is 35.5. The van der Waals surface area contributed by atoms with Gasteiger partial charge < -0.3 is 9.30 Å². The second-order valence-corrected chi connectivity index (χ2v) is 6.14. The van der Waals surface area contributed by atoms with E-state index in [1.807, 2.05) is 29.8 Å². The maximum atomic E-state index is 12.3. The molecule has 4 nitrogen and oxygen atoms in total. The first-order chi connectivity index (χ1) is 10.1. The molecule has 0 N–H and O–H groups in total. The van der Waals surface area contributed by atoms with E-state index in [-0.39, 0.29) is 11.9 Å². The molecule has 1 aromatic heterocycles. The third-order valence-electron chi connectivity index (χ3n) is 4.48. The molecule has 112 valence electrons. The molecular formula is C16H19ClN2O2. The summed E-state index contributed by atoms with van der Waals surface area (Å²) in [4.78, 5) is 17.0. The van der Waals surface area contributed by atoms with Crippen LogP contribution in [-0.4, -0.2) is 22.6 Å². The van der Waals surface area contributed by atoms with E-state index in [0.29, 0.717) is 10.9 Å². The number of aryl methyl sites for hydroxylation is 1. The summed E-state index contributed by atoms with van der Waals surface area (Å²) in [5.74, 6) is 0.634. The number of carbonyl (C=O) groups is 1. The van der Waals surface area contributed by atoms with Gasteiger partial charge in [-0.25, -0.2) is 4.98 Å². The maximum Gasteiger partial charge on any atom is 0.316 e. The Morgan fingerprint density at radius 1 is 1.43 bits per heavy atom. The minimum Gasteiger partial charge on any atom is -0.468 e. The molecule has 1 aromatic carbocycles. The summed E-state index contributed by atoms with van der Waals surface area (Å²) in [6.45, 7) is 0.